The Morgan fingerprint density at radius 2 is 0.889 bits per heavy atom. The summed E-state index contributed by atoms with van der Waals surface area (Å²) in [7, 11) is 0. The van der Waals surface area contributed by atoms with Crippen LogP contribution in [0.3, 0.4) is 0 Å². The Kier molecular flexibility index (Phi) is 8.49. The molecule has 0 atom stereocenters. The van der Waals surface area contributed by atoms with E-state index in [2.05, 4.69) is 255 Å². The SMILES string of the molecule is CC1(C)c2ccccc2-c2c(N(c3ccc(-c4ccc5c(c4)-c4ccccc4C5(c4ccccc4)c4ccccc4)cc3)c3ccc4ccccc4c3-c3ccccc3)cccc21. The maximum absolute atomic E-state index is 2.52. The van der Waals surface area contributed by atoms with E-state index in [9.17, 15) is 0 Å². The van der Waals surface area contributed by atoms with Crippen molar-refractivity contribution in [1.29, 1.82) is 0 Å². The van der Waals surface area contributed by atoms with Gasteiger partial charge >= 0.3 is 0 Å². The van der Waals surface area contributed by atoms with Crippen molar-refractivity contribution in [2.75, 3.05) is 4.90 Å². The predicted molar refractivity (Wildman–Crippen MR) is 264 cm³/mol. The molecule has 10 aromatic rings. The topological polar surface area (TPSA) is 3.24 Å². The summed E-state index contributed by atoms with van der Waals surface area (Å²) >= 11 is 0. The second-order valence-electron chi connectivity index (χ2n) is 17.6. The smallest absolute Gasteiger partial charge is 0.0713 e. The highest BCUT2D eigenvalue weighted by molar-refractivity contribution is 6.07. The quantitative estimate of drug-likeness (QED) is 0.155. The first kappa shape index (κ1) is 37.1. The van der Waals surface area contributed by atoms with Gasteiger partial charge in [-0.25, -0.2) is 0 Å². The van der Waals surface area contributed by atoms with Crippen LogP contribution in [0.25, 0.3) is 55.3 Å². The van der Waals surface area contributed by atoms with Crippen molar-refractivity contribution in [3.05, 3.63) is 270 Å². The van der Waals surface area contributed by atoms with Crippen LogP contribution in [0.1, 0.15) is 47.2 Å². The molecule has 0 N–H and O–H groups in total. The molecule has 0 saturated carbocycles. The molecule has 10 aromatic carbocycles. The van der Waals surface area contributed by atoms with Crippen LogP contribution in [0.4, 0.5) is 17.1 Å². The molecule has 0 aliphatic heterocycles. The summed E-state index contributed by atoms with van der Waals surface area (Å²) in [6, 6.07) is 87.7. The zero-order chi connectivity index (χ0) is 42.1. The van der Waals surface area contributed by atoms with Gasteiger partial charge in [-0.2, -0.15) is 0 Å². The summed E-state index contributed by atoms with van der Waals surface area (Å²) in [6.45, 7) is 4.73. The van der Waals surface area contributed by atoms with E-state index in [1.165, 1.54) is 94.3 Å². The number of hydrogen-bond donors (Lipinski definition) is 0. The first-order valence-corrected chi connectivity index (χ1v) is 22.1. The van der Waals surface area contributed by atoms with E-state index in [1.54, 1.807) is 0 Å². The Balaban J connectivity index is 1.05. The molecule has 0 spiro atoms. The van der Waals surface area contributed by atoms with Gasteiger partial charge in [-0.05, 0) is 108 Å². The molecule has 1 heteroatoms. The Labute approximate surface area is 370 Å². The first-order valence-electron chi connectivity index (χ1n) is 22.1. The summed E-state index contributed by atoms with van der Waals surface area (Å²) in [5.41, 5.74) is 20.8. The second kappa shape index (κ2) is 14.4. The van der Waals surface area contributed by atoms with Crippen LogP contribution < -0.4 is 4.90 Å². The largest absolute Gasteiger partial charge is 0.309 e. The highest BCUT2D eigenvalue weighted by atomic mass is 15.1. The number of fused-ring (bicyclic) bond motifs is 7. The molecular formula is C62H45N. The molecule has 0 amide bonds. The first-order chi connectivity index (χ1) is 31.0. The van der Waals surface area contributed by atoms with Crippen LogP contribution in [0.2, 0.25) is 0 Å². The van der Waals surface area contributed by atoms with Crippen molar-refractivity contribution in [3.8, 4) is 44.5 Å². The van der Waals surface area contributed by atoms with Crippen LogP contribution in [0.5, 0.6) is 0 Å². The Morgan fingerprint density at radius 1 is 0.333 bits per heavy atom. The molecule has 63 heavy (non-hydrogen) atoms. The van der Waals surface area contributed by atoms with Gasteiger partial charge in [-0.1, -0.05) is 220 Å². The van der Waals surface area contributed by atoms with Crippen LogP contribution in [0.15, 0.2) is 237 Å². The molecular weight excluding hydrogens is 759 g/mol. The third-order valence-corrected chi connectivity index (χ3v) is 14.0. The lowest BCUT2D eigenvalue weighted by atomic mass is 9.67. The molecule has 0 unspecified atom stereocenters. The van der Waals surface area contributed by atoms with Gasteiger partial charge in [0.25, 0.3) is 0 Å². The highest BCUT2D eigenvalue weighted by Crippen LogP contribution is 2.58. The maximum Gasteiger partial charge on any atom is 0.0713 e. The monoisotopic (exact) mass is 803 g/mol. The third kappa shape index (κ3) is 5.56. The third-order valence-electron chi connectivity index (χ3n) is 14.0. The molecule has 298 valence electrons. The lowest BCUT2D eigenvalue weighted by Gasteiger charge is -2.33. The van der Waals surface area contributed by atoms with Gasteiger partial charge in [-0.3, -0.25) is 0 Å². The van der Waals surface area contributed by atoms with E-state index in [-0.39, 0.29) is 5.41 Å². The Hall–Kier alpha value is -7.74. The van der Waals surface area contributed by atoms with Crippen molar-refractivity contribution in [2.24, 2.45) is 0 Å². The molecule has 0 radical (unpaired) electrons. The summed E-state index contributed by atoms with van der Waals surface area (Å²) < 4.78 is 0. The average molecular weight is 804 g/mol. The van der Waals surface area contributed by atoms with Crippen LogP contribution in [0, 0.1) is 0 Å². The van der Waals surface area contributed by atoms with Gasteiger partial charge in [0.1, 0.15) is 0 Å². The number of nitrogens with zero attached hydrogens (tertiary/aromatic N) is 1. The highest BCUT2D eigenvalue weighted by Gasteiger charge is 2.46. The lowest BCUT2D eigenvalue weighted by molar-refractivity contribution is 0.660. The van der Waals surface area contributed by atoms with Crippen molar-refractivity contribution in [2.45, 2.75) is 24.7 Å². The minimum atomic E-state index is -0.420. The maximum atomic E-state index is 2.52. The number of anilines is 3. The standard InChI is InChI=1S/C62H45N/c1-61(2)53-29-16-15-28-51(53)60-56(61)31-18-32-57(60)63(58-40-36-43-19-12-13-26-49(43)59(58)44-20-6-3-7-21-44)48-37-33-42(34-38-48)45-35-39-55-52(41-45)50-27-14-17-30-54(50)62(55,46-22-8-4-9-23-46)47-24-10-5-11-25-47/h3-41H,1-2H3. The van der Waals surface area contributed by atoms with Crippen molar-refractivity contribution in [3.63, 3.8) is 0 Å². The average Bonchev–Trinajstić information content (AvgIpc) is 3.78. The number of hydrogen-bond acceptors (Lipinski definition) is 1. The lowest BCUT2D eigenvalue weighted by Crippen LogP contribution is -2.28. The zero-order valence-electron chi connectivity index (χ0n) is 35.5. The summed E-state index contributed by atoms with van der Waals surface area (Å²) in [5, 5.41) is 2.46. The van der Waals surface area contributed by atoms with Gasteiger partial charge in [0.2, 0.25) is 0 Å². The van der Waals surface area contributed by atoms with E-state index in [4.69, 9.17) is 0 Å². The van der Waals surface area contributed by atoms with E-state index < -0.39 is 5.41 Å². The van der Waals surface area contributed by atoms with Gasteiger partial charge < -0.3 is 4.90 Å². The fourth-order valence-corrected chi connectivity index (χ4v) is 11.1. The summed E-state index contributed by atoms with van der Waals surface area (Å²) in [4.78, 5) is 2.52. The Bertz CT molecular complexity index is 3310. The molecule has 0 heterocycles. The zero-order valence-corrected chi connectivity index (χ0v) is 35.5. The van der Waals surface area contributed by atoms with E-state index >= 15 is 0 Å². The molecule has 12 rings (SSSR count). The second-order valence-corrected chi connectivity index (χ2v) is 17.6. The van der Waals surface area contributed by atoms with Crippen LogP contribution in [-0.2, 0) is 10.8 Å². The minimum absolute atomic E-state index is 0.131. The normalized spacial score (nSPS) is 13.8. The summed E-state index contributed by atoms with van der Waals surface area (Å²) in [6.07, 6.45) is 0. The number of rotatable bonds is 7. The van der Waals surface area contributed by atoms with Crippen LogP contribution >= 0.6 is 0 Å². The van der Waals surface area contributed by atoms with Gasteiger partial charge in [0.15, 0.2) is 0 Å². The molecule has 1 nitrogen and oxygen atoms in total. The predicted octanol–water partition coefficient (Wildman–Crippen LogP) is 16.3. The minimum Gasteiger partial charge on any atom is -0.309 e. The van der Waals surface area contributed by atoms with Gasteiger partial charge in [-0.15, -0.1) is 0 Å². The van der Waals surface area contributed by atoms with Gasteiger partial charge in [0.05, 0.1) is 16.8 Å². The Morgan fingerprint density at radius 3 is 1.62 bits per heavy atom. The molecule has 0 aromatic heterocycles. The van der Waals surface area contributed by atoms with Gasteiger partial charge in [0, 0.05) is 22.2 Å². The van der Waals surface area contributed by atoms with Crippen molar-refractivity contribution in [1.82, 2.24) is 0 Å². The van der Waals surface area contributed by atoms with Crippen molar-refractivity contribution >= 4 is 27.8 Å². The number of benzene rings is 10. The van der Waals surface area contributed by atoms with E-state index in [1.807, 2.05) is 0 Å². The molecule has 2 aliphatic carbocycles. The molecule has 2 aliphatic rings. The molecule has 0 bridgehead atoms. The summed E-state index contributed by atoms with van der Waals surface area (Å²) in [5.74, 6) is 0. The fraction of sp³-hybridized carbons (Fsp3) is 0.0645. The van der Waals surface area contributed by atoms with E-state index in [0.717, 1.165) is 11.4 Å². The van der Waals surface area contributed by atoms with E-state index in [0.29, 0.717) is 0 Å². The molecule has 0 fully saturated rings. The fourth-order valence-electron chi connectivity index (χ4n) is 11.1. The van der Waals surface area contributed by atoms with Crippen LogP contribution in [-0.4, -0.2) is 0 Å². The van der Waals surface area contributed by atoms with Crippen molar-refractivity contribution < 1.29 is 0 Å². The molecule has 0 saturated heterocycles.